The van der Waals surface area contributed by atoms with E-state index in [9.17, 15) is 14.4 Å². The first-order valence-electron chi connectivity index (χ1n) is 31.4. The molecule has 0 N–H and O–H groups in total. The summed E-state index contributed by atoms with van der Waals surface area (Å²) >= 11 is 0. The molecule has 444 valence electrons. The molecule has 0 bridgehead atoms. The maximum absolute atomic E-state index is 12.9. The third-order valence-corrected chi connectivity index (χ3v) is 12.3. The molecule has 0 aliphatic heterocycles. The Labute approximate surface area is 490 Å². The second-order valence-corrected chi connectivity index (χ2v) is 19.8. The molecule has 0 aromatic carbocycles. The van der Waals surface area contributed by atoms with E-state index in [2.05, 4.69) is 203 Å². The van der Waals surface area contributed by atoms with Crippen LogP contribution in [0.3, 0.4) is 0 Å². The summed E-state index contributed by atoms with van der Waals surface area (Å²) < 4.78 is 16.8. The fourth-order valence-electron chi connectivity index (χ4n) is 7.68. The predicted molar refractivity (Wildman–Crippen MR) is 347 cm³/mol. The van der Waals surface area contributed by atoms with Gasteiger partial charge in [0, 0.05) is 19.3 Å². The molecule has 1 atom stereocenters. The Kier molecular flexibility index (Phi) is 61.0. The molecule has 6 heteroatoms. The van der Waals surface area contributed by atoms with Gasteiger partial charge in [0.2, 0.25) is 0 Å². The van der Waals surface area contributed by atoms with Crippen molar-refractivity contribution in [1.82, 2.24) is 0 Å². The van der Waals surface area contributed by atoms with Gasteiger partial charge in [0.05, 0.1) is 0 Å². The molecule has 0 spiro atoms. The van der Waals surface area contributed by atoms with E-state index in [0.717, 1.165) is 167 Å². The number of rotatable bonds is 54. The lowest BCUT2D eigenvalue weighted by Gasteiger charge is -2.18. The van der Waals surface area contributed by atoms with E-state index in [-0.39, 0.29) is 31.6 Å². The highest BCUT2D eigenvalue weighted by Gasteiger charge is 2.19. The van der Waals surface area contributed by atoms with Crippen molar-refractivity contribution < 1.29 is 28.6 Å². The van der Waals surface area contributed by atoms with Crippen LogP contribution in [-0.4, -0.2) is 37.2 Å². The number of carbonyl (C=O) groups excluding carboxylic acids is 3. The number of allylic oxidation sites excluding steroid dienone is 32. The largest absolute Gasteiger partial charge is 0.462 e. The van der Waals surface area contributed by atoms with Gasteiger partial charge in [-0.05, 0) is 148 Å². The fraction of sp³-hybridized carbons (Fsp3) is 0.527. The van der Waals surface area contributed by atoms with Gasteiger partial charge in [-0.15, -0.1) is 0 Å². The number of carbonyl (C=O) groups is 3. The number of hydrogen-bond acceptors (Lipinski definition) is 6. The zero-order valence-corrected chi connectivity index (χ0v) is 50.8. The Morgan fingerprint density at radius 3 is 0.812 bits per heavy atom. The number of ether oxygens (including phenoxy) is 3. The van der Waals surface area contributed by atoms with Gasteiger partial charge in [0.1, 0.15) is 13.2 Å². The zero-order chi connectivity index (χ0) is 57.8. The van der Waals surface area contributed by atoms with Crippen LogP contribution in [0.2, 0.25) is 0 Å². The van der Waals surface area contributed by atoms with Gasteiger partial charge < -0.3 is 14.2 Å². The number of hydrogen-bond donors (Lipinski definition) is 0. The van der Waals surface area contributed by atoms with E-state index in [1.807, 2.05) is 12.2 Å². The van der Waals surface area contributed by atoms with Crippen molar-refractivity contribution in [1.29, 1.82) is 0 Å². The van der Waals surface area contributed by atoms with Crippen LogP contribution in [-0.2, 0) is 28.6 Å². The average molecular weight is 1100 g/mol. The molecule has 0 aromatic rings. The minimum atomic E-state index is -0.848. The first kappa shape index (κ1) is 74.2. The maximum atomic E-state index is 12.9. The smallest absolute Gasteiger partial charge is 0.306 e. The number of unbranched alkanes of at least 4 members (excludes halogenated alkanes) is 11. The van der Waals surface area contributed by atoms with Crippen LogP contribution < -0.4 is 0 Å². The maximum Gasteiger partial charge on any atom is 0.306 e. The third-order valence-electron chi connectivity index (χ3n) is 12.3. The highest BCUT2D eigenvalue weighted by Crippen LogP contribution is 2.12. The Morgan fingerprint density at radius 1 is 0.263 bits per heavy atom. The van der Waals surface area contributed by atoms with E-state index in [4.69, 9.17) is 14.2 Å². The Morgan fingerprint density at radius 2 is 0.512 bits per heavy atom. The summed E-state index contributed by atoms with van der Waals surface area (Å²) in [6.07, 6.45) is 100. The minimum Gasteiger partial charge on any atom is -0.462 e. The van der Waals surface area contributed by atoms with Crippen LogP contribution in [0.5, 0.6) is 0 Å². The SMILES string of the molecule is CC/C=C\C/C=C\C/C=C\C/C=C\C/C=C\C/C=C\C/C=C\C/C=C\CCCCCCC(=O)OCC(COC(=O)CCCCCCC/C=C\C/C=C\CCCC)OC(=O)CC/C=C\C/C=C\C/C=C\C/C=C\C/C=C\C/C=C\CC. The lowest BCUT2D eigenvalue weighted by Crippen LogP contribution is -2.30. The van der Waals surface area contributed by atoms with Crippen molar-refractivity contribution in [2.75, 3.05) is 13.2 Å². The molecular weight excluding hydrogens is 985 g/mol. The predicted octanol–water partition coefficient (Wildman–Crippen LogP) is 21.8. The van der Waals surface area contributed by atoms with E-state index in [1.165, 1.54) is 19.3 Å². The Hall–Kier alpha value is -5.75. The molecule has 0 aliphatic carbocycles. The van der Waals surface area contributed by atoms with E-state index in [0.29, 0.717) is 19.3 Å². The van der Waals surface area contributed by atoms with Crippen LogP contribution in [0.15, 0.2) is 194 Å². The zero-order valence-electron chi connectivity index (χ0n) is 50.8. The summed E-state index contributed by atoms with van der Waals surface area (Å²) in [6.45, 7) is 6.25. The lowest BCUT2D eigenvalue weighted by molar-refractivity contribution is -0.166. The molecular formula is C74H112O6. The first-order chi connectivity index (χ1) is 39.5. The second kappa shape index (κ2) is 65.8. The molecule has 6 nitrogen and oxygen atoms in total. The second-order valence-electron chi connectivity index (χ2n) is 19.8. The fourth-order valence-corrected chi connectivity index (χ4v) is 7.68. The topological polar surface area (TPSA) is 78.9 Å². The van der Waals surface area contributed by atoms with Crippen molar-refractivity contribution in [2.45, 2.75) is 239 Å². The summed E-state index contributed by atoms with van der Waals surface area (Å²) in [6, 6.07) is 0. The van der Waals surface area contributed by atoms with Crippen LogP contribution in [0, 0.1) is 0 Å². The standard InChI is InChI=1S/C74H112O6/c1-4-7-10-13-16-19-22-25-28-30-32-33-34-35-36-37-38-39-40-41-43-44-46-49-52-55-58-61-64-67-73(76)79-70-71(69-78-72(75)66-63-60-57-54-51-48-27-24-21-18-15-12-9-6-3)80-74(77)68-65-62-59-56-53-50-47-45-42-31-29-26-23-20-17-14-11-8-5-2/h7-8,10-11,15-20,24-29,32-33,35-36,38-39,41-43,45-46,49-50,53,59,62,71H,4-6,9,12-14,21-23,30-31,34,37,40,44,47-48,51-52,54-58,60-61,63-70H2,1-3H3/b10-7-,11-8-,18-15-,19-16-,20-17-,27-24-,28-25-,29-26-,33-32-,36-35-,39-38-,43-41-,45-42-,49-46-,53-50-,62-59-. The summed E-state index contributed by atoms with van der Waals surface area (Å²) in [5.74, 6) is -1.07. The highest BCUT2D eigenvalue weighted by molar-refractivity contribution is 5.71. The van der Waals surface area contributed by atoms with Crippen molar-refractivity contribution in [3.8, 4) is 0 Å². The summed E-state index contributed by atoms with van der Waals surface area (Å²) in [4.78, 5) is 38.2. The molecule has 0 fully saturated rings. The molecule has 0 heterocycles. The van der Waals surface area contributed by atoms with Crippen LogP contribution in [0.1, 0.15) is 233 Å². The van der Waals surface area contributed by atoms with Gasteiger partial charge in [-0.1, -0.05) is 260 Å². The van der Waals surface area contributed by atoms with E-state index in [1.54, 1.807) is 0 Å². The van der Waals surface area contributed by atoms with Gasteiger partial charge in [0.15, 0.2) is 6.10 Å². The van der Waals surface area contributed by atoms with Crippen molar-refractivity contribution in [3.05, 3.63) is 194 Å². The first-order valence-corrected chi connectivity index (χ1v) is 31.4. The highest BCUT2D eigenvalue weighted by atomic mass is 16.6. The van der Waals surface area contributed by atoms with Crippen LogP contribution >= 0.6 is 0 Å². The minimum absolute atomic E-state index is 0.134. The van der Waals surface area contributed by atoms with Crippen molar-refractivity contribution in [2.24, 2.45) is 0 Å². The van der Waals surface area contributed by atoms with Gasteiger partial charge in [-0.3, -0.25) is 14.4 Å². The molecule has 0 rings (SSSR count). The molecule has 1 unspecified atom stereocenters. The quantitative estimate of drug-likeness (QED) is 0.0261. The van der Waals surface area contributed by atoms with Crippen molar-refractivity contribution in [3.63, 3.8) is 0 Å². The molecule has 0 saturated heterocycles. The van der Waals surface area contributed by atoms with E-state index < -0.39 is 12.1 Å². The normalized spacial score (nSPS) is 13.5. The van der Waals surface area contributed by atoms with Crippen molar-refractivity contribution >= 4 is 17.9 Å². The monoisotopic (exact) mass is 1100 g/mol. The van der Waals surface area contributed by atoms with Crippen LogP contribution in [0.4, 0.5) is 0 Å². The molecule has 0 radical (unpaired) electrons. The van der Waals surface area contributed by atoms with E-state index >= 15 is 0 Å². The molecule has 0 aliphatic rings. The van der Waals surface area contributed by atoms with Gasteiger partial charge in [0.25, 0.3) is 0 Å². The molecule has 0 amide bonds. The molecule has 0 aromatic heterocycles. The third kappa shape index (κ3) is 63.1. The van der Waals surface area contributed by atoms with Gasteiger partial charge >= 0.3 is 17.9 Å². The number of esters is 3. The summed E-state index contributed by atoms with van der Waals surface area (Å²) in [7, 11) is 0. The Balaban J connectivity index is 4.54. The molecule has 0 saturated carbocycles. The average Bonchev–Trinajstić information content (AvgIpc) is 3.46. The summed E-state index contributed by atoms with van der Waals surface area (Å²) in [5, 5.41) is 0. The summed E-state index contributed by atoms with van der Waals surface area (Å²) in [5.41, 5.74) is 0. The van der Waals surface area contributed by atoms with Gasteiger partial charge in [-0.25, -0.2) is 0 Å². The molecule has 80 heavy (non-hydrogen) atoms. The Bertz CT molecular complexity index is 1930. The van der Waals surface area contributed by atoms with Crippen LogP contribution in [0.25, 0.3) is 0 Å². The lowest BCUT2D eigenvalue weighted by atomic mass is 10.1. The van der Waals surface area contributed by atoms with Gasteiger partial charge in [-0.2, -0.15) is 0 Å².